The Morgan fingerprint density at radius 2 is 1.71 bits per heavy atom. The molecule has 2 aromatic carbocycles. The highest BCUT2D eigenvalue weighted by atomic mass is 127. The average Bonchev–Trinajstić information content (AvgIpc) is 2.32. The van der Waals surface area contributed by atoms with E-state index in [9.17, 15) is 0 Å². The Hall–Kier alpha value is -1.23. The van der Waals surface area contributed by atoms with Crippen molar-refractivity contribution in [3.05, 3.63) is 51.6 Å². The second-order valence-electron chi connectivity index (χ2n) is 3.69. The first-order chi connectivity index (χ1) is 8.20. The van der Waals surface area contributed by atoms with Gasteiger partial charge in [0.25, 0.3) is 0 Å². The predicted molar refractivity (Wildman–Crippen MR) is 77.0 cm³/mol. The predicted octanol–water partition coefficient (Wildman–Crippen LogP) is 4.40. The molecule has 0 fully saturated rings. The molecule has 0 unspecified atom stereocenters. The number of rotatable bonds is 3. The molecule has 3 heteroatoms. The Morgan fingerprint density at radius 1 is 1.00 bits per heavy atom. The molecule has 0 aliphatic heterocycles. The Labute approximate surface area is 115 Å². The molecule has 2 aromatic rings. The average molecular weight is 340 g/mol. The third-order valence-corrected chi connectivity index (χ3v) is 3.43. The van der Waals surface area contributed by atoms with Crippen LogP contribution in [0.15, 0.2) is 42.5 Å². The Bertz CT molecular complexity index is 523. The van der Waals surface area contributed by atoms with Crippen molar-refractivity contribution in [2.45, 2.75) is 6.92 Å². The summed E-state index contributed by atoms with van der Waals surface area (Å²) in [5, 5.41) is 0. The summed E-state index contributed by atoms with van der Waals surface area (Å²) in [5.41, 5.74) is 1.18. The van der Waals surface area contributed by atoms with E-state index in [2.05, 4.69) is 22.6 Å². The summed E-state index contributed by atoms with van der Waals surface area (Å²) >= 11 is 2.23. The van der Waals surface area contributed by atoms with Gasteiger partial charge in [0.1, 0.15) is 17.2 Å². The van der Waals surface area contributed by atoms with E-state index in [1.807, 2.05) is 49.4 Å². The van der Waals surface area contributed by atoms with E-state index in [0.29, 0.717) is 0 Å². The van der Waals surface area contributed by atoms with Crippen molar-refractivity contribution in [1.29, 1.82) is 0 Å². The summed E-state index contributed by atoms with van der Waals surface area (Å²) in [6.07, 6.45) is 0. The van der Waals surface area contributed by atoms with Crippen LogP contribution in [0.5, 0.6) is 17.2 Å². The summed E-state index contributed by atoms with van der Waals surface area (Å²) in [6, 6.07) is 13.8. The second kappa shape index (κ2) is 5.40. The quantitative estimate of drug-likeness (QED) is 0.771. The fourth-order valence-electron chi connectivity index (χ4n) is 1.53. The highest BCUT2D eigenvalue weighted by molar-refractivity contribution is 14.1. The van der Waals surface area contributed by atoms with Crippen LogP contribution in [0.1, 0.15) is 5.56 Å². The van der Waals surface area contributed by atoms with Crippen molar-refractivity contribution in [1.82, 2.24) is 0 Å². The fourth-order valence-corrected chi connectivity index (χ4v) is 2.22. The van der Waals surface area contributed by atoms with Gasteiger partial charge in [0.15, 0.2) is 0 Å². The molecule has 0 N–H and O–H groups in total. The van der Waals surface area contributed by atoms with Gasteiger partial charge < -0.3 is 9.47 Å². The molecule has 2 rings (SSSR count). The maximum Gasteiger partial charge on any atom is 0.144 e. The zero-order valence-electron chi connectivity index (χ0n) is 9.74. The lowest BCUT2D eigenvalue weighted by Crippen LogP contribution is -1.91. The Balaban J connectivity index is 2.30. The topological polar surface area (TPSA) is 18.5 Å². The van der Waals surface area contributed by atoms with Crippen LogP contribution in [-0.4, -0.2) is 7.11 Å². The molecule has 0 aromatic heterocycles. The molecule has 0 saturated carbocycles. The lowest BCUT2D eigenvalue weighted by atomic mass is 10.2. The first-order valence-electron chi connectivity index (χ1n) is 5.27. The van der Waals surface area contributed by atoms with E-state index in [4.69, 9.17) is 9.47 Å². The SMILES string of the molecule is COc1cccc(Oc2cccc(C)c2)c1I. The Morgan fingerprint density at radius 3 is 2.41 bits per heavy atom. The van der Waals surface area contributed by atoms with E-state index in [1.165, 1.54) is 5.56 Å². The summed E-state index contributed by atoms with van der Waals surface area (Å²) in [5.74, 6) is 2.49. The molecular formula is C14H13IO2. The fraction of sp³-hybridized carbons (Fsp3) is 0.143. The minimum atomic E-state index is 0.815. The first kappa shape index (κ1) is 12.2. The van der Waals surface area contributed by atoms with Crippen LogP contribution in [0.4, 0.5) is 0 Å². The van der Waals surface area contributed by atoms with Crippen LogP contribution in [0.3, 0.4) is 0 Å². The number of benzene rings is 2. The number of aryl methyl sites for hydroxylation is 1. The molecule has 2 nitrogen and oxygen atoms in total. The lowest BCUT2D eigenvalue weighted by molar-refractivity contribution is 0.404. The molecule has 0 heterocycles. The zero-order chi connectivity index (χ0) is 12.3. The van der Waals surface area contributed by atoms with Gasteiger partial charge in [0.2, 0.25) is 0 Å². The van der Waals surface area contributed by atoms with Gasteiger partial charge in [-0.15, -0.1) is 0 Å². The monoisotopic (exact) mass is 340 g/mol. The molecule has 0 aliphatic carbocycles. The number of hydrogen-bond acceptors (Lipinski definition) is 2. The van der Waals surface area contributed by atoms with E-state index in [0.717, 1.165) is 20.8 Å². The van der Waals surface area contributed by atoms with Crippen LogP contribution in [0, 0.1) is 10.5 Å². The van der Waals surface area contributed by atoms with Gasteiger partial charge in [-0.3, -0.25) is 0 Å². The smallest absolute Gasteiger partial charge is 0.144 e. The van der Waals surface area contributed by atoms with Gasteiger partial charge in [-0.05, 0) is 59.3 Å². The van der Waals surface area contributed by atoms with Crippen molar-refractivity contribution >= 4 is 22.6 Å². The molecular weight excluding hydrogens is 327 g/mol. The summed E-state index contributed by atoms with van der Waals surface area (Å²) in [4.78, 5) is 0. The van der Waals surface area contributed by atoms with E-state index in [1.54, 1.807) is 7.11 Å². The maximum absolute atomic E-state index is 5.84. The normalized spacial score (nSPS) is 10.1. The van der Waals surface area contributed by atoms with Crippen molar-refractivity contribution in [2.75, 3.05) is 7.11 Å². The van der Waals surface area contributed by atoms with Crippen LogP contribution in [0.2, 0.25) is 0 Å². The summed E-state index contributed by atoms with van der Waals surface area (Å²) in [6.45, 7) is 2.05. The third kappa shape index (κ3) is 2.91. The number of methoxy groups -OCH3 is 1. The van der Waals surface area contributed by atoms with Gasteiger partial charge in [0.05, 0.1) is 10.7 Å². The van der Waals surface area contributed by atoms with Crippen LogP contribution >= 0.6 is 22.6 Å². The van der Waals surface area contributed by atoms with Crippen LogP contribution in [0.25, 0.3) is 0 Å². The molecule has 0 spiro atoms. The highest BCUT2D eigenvalue weighted by Crippen LogP contribution is 2.33. The molecule has 17 heavy (non-hydrogen) atoms. The Kier molecular flexibility index (Phi) is 3.89. The summed E-state index contributed by atoms with van der Waals surface area (Å²) < 4.78 is 12.1. The van der Waals surface area contributed by atoms with Gasteiger partial charge in [-0.25, -0.2) is 0 Å². The van der Waals surface area contributed by atoms with Gasteiger partial charge in [-0.2, -0.15) is 0 Å². The van der Waals surface area contributed by atoms with Gasteiger partial charge in [0, 0.05) is 0 Å². The number of hydrogen-bond donors (Lipinski definition) is 0. The maximum atomic E-state index is 5.84. The van der Waals surface area contributed by atoms with E-state index in [-0.39, 0.29) is 0 Å². The minimum Gasteiger partial charge on any atom is -0.496 e. The molecule has 0 atom stereocenters. The standard InChI is InChI=1S/C14H13IO2/c1-10-5-3-6-11(9-10)17-13-8-4-7-12(16-2)14(13)15/h3-9H,1-2H3. The minimum absolute atomic E-state index is 0.815. The zero-order valence-corrected chi connectivity index (χ0v) is 11.9. The largest absolute Gasteiger partial charge is 0.496 e. The van der Waals surface area contributed by atoms with Crippen LogP contribution < -0.4 is 9.47 Å². The molecule has 0 radical (unpaired) electrons. The van der Waals surface area contributed by atoms with Crippen molar-refractivity contribution < 1.29 is 9.47 Å². The summed E-state index contributed by atoms with van der Waals surface area (Å²) in [7, 11) is 1.66. The third-order valence-electron chi connectivity index (χ3n) is 2.37. The van der Waals surface area contributed by atoms with Gasteiger partial charge >= 0.3 is 0 Å². The molecule has 0 saturated heterocycles. The van der Waals surface area contributed by atoms with Crippen molar-refractivity contribution in [3.8, 4) is 17.2 Å². The van der Waals surface area contributed by atoms with Crippen molar-refractivity contribution in [2.24, 2.45) is 0 Å². The molecule has 0 bridgehead atoms. The lowest BCUT2D eigenvalue weighted by Gasteiger charge is -2.10. The second-order valence-corrected chi connectivity index (χ2v) is 4.77. The van der Waals surface area contributed by atoms with Crippen LogP contribution in [-0.2, 0) is 0 Å². The molecule has 0 aliphatic rings. The van der Waals surface area contributed by atoms with E-state index >= 15 is 0 Å². The van der Waals surface area contributed by atoms with Crippen molar-refractivity contribution in [3.63, 3.8) is 0 Å². The number of ether oxygens (including phenoxy) is 2. The highest BCUT2D eigenvalue weighted by Gasteiger charge is 2.07. The molecule has 88 valence electrons. The van der Waals surface area contributed by atoms with E-state index < -0.39 is 0 Å². The molecule has 0 amide bonds. The van der Waals surface area contributed by atoms with Gasteiger partial charge in [-0.1, -0.05) is 18.2 Å². The first-order valence-corrected chi connectivity index (χ1v) is 6.35. The number of halogens is 1.